The molecule has 1 unspecified atom stereocenters. The molecule has 0 radical (unpaired) electrons. The Morgan fingerprint density at radius 2 is 2.26 bits per heavy atom. The fraction of sp³-hybridized carbons (Fsp3) is 0.312. The first-order valence-corrected chi connectivity index (χ1v) is 7.60. The second-order valence-corrected chi connectivity index (χ2v) is 5.73. The summed E-state index contributed by atoms with van der Waals surface area (Å²) < 4.78 is 7.21. The molecule has 1 aliphatic rings. The standard InChI is InChI=1S/C16H17N5O2/c17-13-4-2-1-3-10(13)7-14-19-15-12(16(22)20-14)8-18-21(15)11-5-6-23-9-11/h1-4,8,11H,5-7,9,17H2,(H,19,20,22). The summed E-state index contributed by atoms with van der Waals surface area (Å²) in [7, 11) is 0. The van der Waals surface area contributed by atoms with Gasteiger partial charge >= 0.3 is 0 Å². The summed E-state index contributed by atoms with van der Waals surface area (Å²) in [4.78, 5) is 19.7. The van der Waals surface area contributed by atoms with E-state index in [1.807, 2.05) is 24.3 Å². The van der Waals surface area contributed by atoms with Crippen LogP contribution < -0.4 is 11.3 Å². The second kappa shape index (κ2) is 5.51. The van der Waals surface area contributed by atoms with Gasteiger partial charge in [-0.2, -0.15) is 5.10 Å². The number of hydrogen-bond donors (Lipinski definition) is 2. The molecule has 0 amide bonds. The van der Waals surface area contributed by atoms with Crippen molar-refractivity contribution < 1.29 is 4.74 Å². The molecule has 0 saturated carbocycles. The van der Waals surface area contributed by atoms with Gasteiger partial charge in [0.15, 0.2) is 5.65 Å². The first-order chi connectivity index (χ1) is 11.2. The van der Waals surface area contributed by atoms with Gasteiger partial charge in [-0.15, -0.1) is 0 Å². The van der Waals surface area contributed by atoms with Crippen LogP contribution in [-0.4, -0.2) is 33.0 Å². The fourth-order valence-corrected chi connectivity index (χ4v) is 2.92. The molecular weight excluding hydrogens is 294 g/mol. The average Bonchev–Trinajstić information content (AvgIpc) is 3.18. The zero-order chi connectivity index (χ0) is 15.8. The molecule has 0 bridgehead atoms. The van der Waals surface area contributed by atoms with E-state index < -0.39 is 0 Å². The van der Waals surface area contributed by atoms with Crippen molar-refractivity contribution in [1.29, 1.82) is 0 Å². The number of nitrogens with zero attached hydrogens (tertiary/aromatic N) is 3. The number of nitrogen functional groups attached to an aromatic ring is 1. The predicted octanol–water partition coefficient (Wildman–Crippen LogP) is 1.25. The Balaban J connectivity index is 1.77. The van der Waals surface area contributed by atoms with Gasteiger partial charge in [-0.25, -0.2) is 9.67 Å². The molecule has 3 heterocycles. The van der Waals surface area contributed by atoms with Crippen molar-refractivity contribution in [3.63, 3.8) is 0 Å². The summed E-state index contributed by atoms with van der Waals surface area (Å²) >= 11 is 0. The summed E-state index contributed by atoms with van der Waals surface area (Å²) in [6, 6.07) is 7.71. The van der Waals surface area contributed by atoms with Crippen LogP contribution in [0.25, 0.3) is 11.0 Å². The number of rotatable bonds is 3. The number of para-hydroxylation sites is 1. The zero-order valence-corrected chi connectivity index (χ0v) is 12.5. The highest BCUT2D eigenvalue weighted by Gasteiger charge is 2.22. The molecule has 4 rings (SSSR count). The Labute approximate surface area is 132 Å². The topological polar surface area (TPSA) is 98.8 Å². The van der Waals surface area contributed by atoms with E-state index in [0.29, 0.717) is 42.2 Å². The Morgan fingerprint density at radius 1 is 1.39 bits per heavy atom. The van der Waals surface area contributed by atoms with Crippen LogP contribution in [-0.2, 0) is 11.2 Å². The van der Waals surface area contributed by atoms with Gasteiger partial charge in [-0.3, -0.25) is 4.79 Å². The third-order valence-electron chi connectivity index (χ3n) is 4.18. The first kappa shape index (κ1) is 14.0. The van der Waals surface area contributed by atoms with E-state index in [-0.39, 0.29) is 11.6 Å². The van der Waals surface area contributed by atoms with E-state index in [4.69, 9.17) is 10.5 Å². The van der Waals surface area contributed by atoms with Crippen molar-refractivity contribution in [1.82, 2.24) is 19.7 Å². The van der Waals surface area contributed by atoms with E-state index in [1.165, 1.54) is 0 Å². The van der Waals surface area contributed by atoms with Crippen LogP contribution in [0.3, 0.4) is 0 Å². The molecule has 7 nitrogen and oxygen atoms in total. The van der Waals surface area contributed by atoms with E-state index in [0.717, 1.165) is 12.0 Å². The van der Waals surface area contributed by atoms with E-state index >= 15 is 0 Å². The fourth-order valence-electron chi connectivity index (χ4n) is 2.92. The van der Waals surface area contributed by atoms with Gasteiger partial charge in [0.05, 0.1) is 18.8 Å². The Bertz CT molecular complexity index is 908. The normalized spacial score (nSPS) is 17.8. The number of fused-ring (bicyclic) bond motifs is 1. The van der Waals surface area contributed by atoms with Crippen molar-refractivity contribution in [3.05, 3.63) is 52.2 Å². The van der Waals surface area contributed by atoms with Crippen LogP contribution in [0.1, 0.15) is 23.9 Å². The Hall–Kier alpha value is -2.67. The van der Waals surface area contributed by atoms with Crippen molar-refractivity contribution in [2.45, 2.75) is 18.9 Å². The van der Waals surface area contributed by atoms with Crippen LogP contribution in [0.4, 0.5) is 5.69 Å². The van der Waals surface area contributed by atoms with E-state index in [2.05, 4.69) is 15.1 Å². The molecular formula is C16H17N5O2. The van der Waals surface area contributed by atoms with E-state index in [9.17, 15) is 4.79 Å². The molecule has 1 aliphatic heterocycles. The van der Waals surface area contributed by atoms with Gasteiger partial charge in [0.25, 0.3) is 5.56 Å². The van der Waals surface area contributed by atoms with Crippen molar-refractivity contribution in [2.24, 2.45) is 0 Å². The predicted molar refractivity (Wildman–Crippen MR) is 86.3 cm³/mol. The minimum Gasteiger partial charge on any atom is -0.398 e. The van der Waals surface area contributed by atoms with Crippen LogP contribution in [0.15, 0.2) is 35.3 Å². The van der Waals surface area contributed by atoms with Crippen molar-refractivity contribution in [2.75, 3.05) is 18.9 Å². The van der Waals surface area contributed by atoms with Gasteiger partial charge in [-0.05, 0) is 18.1 Å². The summed E-state index contributed by atoms with van der Waals surface area (Å²) in [6.07, 6.45) is 2.93. The van der Waals surface area contributed by atoms with Crippen LogP contribution in [0.5, 0.6) is 0 Å². The third-order valence-corrected chi connectivity index (χ3v) is 4.18. The average molecular weight is 311 g/mol. The molecule has 3 aromatic rings. The van der Waals surface area contributed by atoms with Gasteiger partial charge in [-0.1, -0.05) is 18.2 Å². The minimum atomic E-state index is -0.176. The highest BCUT2D eigenvalue weighted by molar-refractivity contribution is 5.73. The molecule has 118 valence electrons. The SMILES string of the molecule is Nc1ccccc1Cc1nc2c(cnn2C2CCOC2)c(=O)[nH]1. The lowest BCUT2D eigenvalue weighted by molar-refractivity contribution is 0.185. The lowest BCUT2D eigenvalue weighted by Gasteiger charge is -2.10. The maximum Gasteiger partial charge on any atom is 0.262 e. The van der Waals surface area contributed by atoms with Crippen molar-refractivity contribution in [3.8, 4) is 0 Å². The summed E-state index contributed by atoms with van der Waals surface area (Å²) in [5.41, 5.74) is 8.03. The van der Waals surface area contributed by atoms with Crippen LogP contribution >= 0.6 is 0 Å². The number of nitrogens with one attached hydrogen (secondary N) is 1. The zero-order valence-electron chi connectivity index (χ0n) is 12.5. The maximum absolute atomic E-state index is 12.3. The number of aromatic nitrogens is 4. The van der Waals surface area contributed by atoms with Crippen molar-refractivity contribution >= 4 is 16.7 Å². The minimum absolute atomic E-state index is 0.136. The first-order valence-electron chi connectivity index (χ1n) is 7.60. The lowest BCUT2D eigenvalue weighted by atomic mass is 10.1. The molecule has 1 saturated heterocycles. The quantitative estimate of drug-likeness (QED) is 0.709. The molecule has 0 spiro atoms. The van der Waals surface area contributed by atoms with E-state index in [1.54, 1.807) is 10.9 Å². The molecule has 2 aromatic heterocycles. The largest absolute Gasteiger partial charge is 0.398 e. The highest BCUT2D eigenvalue weighted by atomic mass is 16.5. The molecule has 23 heavy (non-hydrogen) atoms. The number of hydrogen-bond acceptors (Lipinski definition) is 5. The van der Waals surface area contributed by atoms with Gasteiger partial charge in [0.2, 0.25) is 0 Å². The van der Waals surface area contributed by atoms with Crippen LogP contribution in [0.2, 0.25) is 0 Å². The molecule has 3 N–H and O–H groups in total. The third kappa shape index (κ3) is 2.49. The van der Waals surface area contributed by atoms with Gasteiger partial charge in [0, 0.05) is 18.7 Å². The summed E-state index contributed by atoms with van der Waals surface area (Å²) in [5.74, 6) is 0.584. The Kier molecular flexibility index (Phi) is 3.34. The maximum atomic E-state index is 12.3. The molecule has 0 aliphatic carbocycles. The Morgan fingerprint density at radius 3 is 3.04 bits per heavy atom. The van der Waals surface area contributed by atoms with Crippen LogP contribution in [0, 0.1) is 0 Å². The second-order valence-electron chi connectivity index (χ2n) is 5.73. The van der Waals surface area contributed by atoms with Gasteiger partial charge in [0.1, 0.15) is 11.2 Å². The highest BCUT2D eigenvalue weighted by Crippen LogP contribution is 2.22. The number of ether oxygens (including phenoxy) is 1. The molecule has 1 atom stereocenters. The number of nitrogens with two attached hydrogens (primary N) is 1. The molecule has 1 aromatic carbocycles. The lowest BCUT2D eigenvalue weighted by Crippen LogP contribution is -2.16. The number of H-pyrrole nitrogens is 1. The monoisotopic (exact) mass is 311 g/mol. The van der Waals surface area contributed by atoms with Gasteiger partial charge < -0.3 is 15.5 Å². The summed E-state index contributed by atoms with van der Waals surface area (Å²) in [6.45, 7) is 1.31. The smallest absolute Gasteiger partial charge is 0.262 e. The number of anilines is 1. The molecule has 1 fully saturated rings. The number of benzene rings is 1. The number of aromatic amines is 1. The molecule has 7 heteroatoms. The summed E-state index contributed by atoms with van der Waals surface area (Å²) in [5, 5.41) is 4.83.